The molecular formula is C17H33NO2. The van der Waals surface area contributed by atoms with Crippen LogP contribution in [0.5, 0.6) is 0 Å². The van der Waals surface area contributed by atoms with Gasteiger partial charge in [-0.15, -0.1) is 0 Å². The molecule has 1 spiro atoms. The minimum Gasteiger partial charge on any atom is -0.383 e. The zero-order chi connectivity index (χ0) is 14.3. The second-order valence-corrected chi connectivity index (χ2v) is 6.90. The van der Waals surface area contributed by atoms with Crippen LogP contribution in [0.4, 0.5) is 0 Å². The average molecular weight is 283 g/mol. The summed E-state index contributed by atoms with van der Waals surface area (Å²) in [6, 6.07) is 0. The molecule has 0 aromatic rings. The largest absolute Gasteiger partial charge is 0.383 e. The molecule has 1 heterocycles. The molecule has 3 heteroatoms. The van der Waals surface area contributed by atoms with Gasteiger partial charge < -0.3 is 14.8 Å². The normalized spacial score (nSPS) is 27.0. The lowest BCUT2D eigenvalue weighted by atomic mass is 9.83. The minimum absolute atomic E-state index is 0.295. The van der Waals surface area contributed by atoms with E-state index in [-0.39, 0.29) is 0 Å². The Balaban J connectivity index is 1.58. The average Bonchev–Trinajstić information content (AvgIpc) is 2.85. The molecular weight excluding hydrogens is 250 g/mol. The van der Waals surface area contributed by atoms with Crippen molar-refractivity contribution in [2.45, 2.75) is 76.4 Å². The fraction of sp³-hybridized carbons (Fsp3) is 1.00. The van der Waals surface area contributed by atoms with Crippen LogP contribution in [-0.2, 0) is 9.47 Å². The summed E-state index contributed by atoms with van der Waals surface area (Å²) in [5.41, 5.74) is 0.295. The van der Waals surface area contributed by atoms with E-state index >= 15 is 0 Å². The number of nitrogens with one attached hydrogen (secondary N) is 1. The van der Waals surface area contributed by atoms with Crippen molar-refractivity contribution in [2.75, 3.05) is 26.8 Å². The molecule has 2 fully saturated rings. The molecule has 0 aromatic carbocycles. The van der Waals surface area contributed by atoms with Gasteiger partial charge in [0.1, 0.15) is 0 Å². The number of ether oxygens (including phenoxy) is 2. The van der Waals surface area contributed by atoms with E-state index in [0.717, 1.165) is 25.6 Å². The zero-order valence-electron chi connectivity index (χ0n) is 13.5. The predicted molar refractivity (Wildman–Crippen MR) is 83.1 cm³/mol. The molecule has 2 rings (SSSR count). The Morgan fingerprint density at radius 2 is 2.05 bits per heavy atom. The predicted octanol–water partition coefficient (Wildman–Crippen LogP) is 3.52. The lowest BCUT2D eigenvalue weighted by Crippen LogP contribution is -2.32. The van der Waals surface area contributed by atoms with Crippen molar-refractivity contribution in [3.05, 3.63) is 0 Å². The van der Waals surface area contributed by atoms with Crippen LogP contribution < -0.4 is 5.32 Å². The summed E-state index contributed by atoms with van der Waals surface area (Å²) in [7, 11) is 1.75. The van der Waals surface area contributed by atoms with Crippen molar-refractivity contribution in [3.8, 4) is 0 Å². The minimum atomic E-state index is 0.295. The van der Waals surface area contributed by atoms with Gasteiger partial charge in [0.2, 0.25) is 0 Å². The van der Waals surface area contributed by atoms with Crippen LogP contribution in [0.1, 0.15) is 64.7 Å². The summed E-state index contributed by atoms with van der Waals surface area (Å²) in [5.74, 6) is 0.735. The molecule has 0 aromatic heterocycles. The maximum atomic E-state index is 6.44. The summed E-state index contributed by atoms with van der Waals surface area (Å²) >= 11 is 0. The smallest absolute Gasteiger partial charge is 0.0687 e. The summed E-state index contributed by atoms with van der Waals surface area (Å²) < 4.78 is 11.5. The third-order valence-electron chi connectivity index (χ3n) is 5.06. The summed E-state index contributed by atoms with van der Waals surface area (Å²) in [4.78, 5) is 0. The molecule has 0 radical (unpaired) electrons. The molecule has 1 saturated heterocycles. The van der Waals surface area contributed by atoms with Crippen LogP contribution in [0.2, 0.25) is 0 Å². The van der Waals surface area contributed by atoms with E-state index in [1.165, 1.54) is 57.8 Å². The maximum absolute atomic E-state index is 6.44. The summed E-state index contributed by atoms with van der Waals surface area (Å²) in [6.45, 7) is 5.21. The van der Waals surface area contributed by atoms with Gasteiger partial charge >= 0.3 is 0 Å². The molecule has 0 bridgehead atoms. The van der Waals surface area contributed by atoms with Crippen molar-refractivity contribution < 1.29 is 9.47 Å². The highest BCUT2D eigenvalue weighted by molar-refractivity contribution is 4.91. The summed E-state index contributed by atoms with van der Waals surface area (Å²) in [6.07, 6.45) is 12.5. The molecule has 1 aliphatic carbocycles. The lowest BCUT2D eigenvalue weighted by Gasteiger charge is -2.33. The van der Waals surface area contributed by atoms with E-state index in [1.54, 1.807) is 7.11 Å². The monoisotopic (exact) mass is 283 g/mol. The van der Waals surface area contributed by atoms with Gasteiger partial charge in [-0.1, -0.05) is 26.2 Å². The topological polar surface area (TPSA) is 30.5 Å². The van der Waals surface area contributed by atoms with Crippen molar-refractivity contribution >= 4 is 0 Å². The van der Waals surface area contributed by atoms with Crippen LogP contribution >= 0.6 is 0 Å². The molecule has 1 N–H and O–H groups in total. The number of hydrogen-bond donors (Lipinski definition) is 1. The fourth-order valence-corrected chi connectivity index (χ4v) is 3.76. The van der Waals surface area contributed by atoms with Gasteiger partial charge in [-0.2, -0.15) is 0 Å². The first-order valence-corrected chi connectivity index (χ1v) is 8.61. The zero-order valence-corrected chi connectivity index (χ0v) is 13.5. The SMILES string of the molecule is COCCNCC(C)CCC1CCC2(CCCCC2)O1. The third kappa shape index (κ3) is 5.01. The van der Waals surface area contributed by atoms with Gasteiger partial charge in [-0.3, -0.25) is 0 Å². The Morgan fingerprint density at radius 3 is 2.80 bits per heavy atom. The van der Waals surface area contributed by atoms with Gasteiger partial charge in [-0.05, 0) is 51.0 Å². The first-order valence-electron chi connectivity index (χ1n) is 8.61. The second-order valence-electron chi connectivity index (χ2n) is 6.90. The van der Waals surface area contributed by atoms with E-state index in [9.17, 15) is 0 Å². The Morgan fingerprint density at radius 1 is 1.25 bits per heavy atom. The highest BCUT2D eigenvalue weighted by atomic mass is 16.5. The van der Waals surface area contributed by atoms with E-state index in [2.05, 4.69) is 12.2 Å². The Kier molecular flexibility index (Phi) is 6.79. The van der Waals surface area contributed by atoms with Gasteiger partial charge in [0.05, 0.1) is 18.3 Å². The van der Waals surface area contributed by atoms with Crippen LogP contribution in [0, 0.1) is 5.92 Å². The number of hydrogen-bond acceptors (Lipinski definition) is 3. The number of rotatable bonds is 8. The summed E-state index contributed by atoms with van der Waals surface area (Å²) in [5, 5.41) is 3.45. The van der Waals surface area contributed by atoms with E-state index in [0.29, 0.717) is 11.7 Å². The van der Waals surface area contributed by atoms with Crippen molar-refractivity contribution in [2.24, 2.45) is 5.92 Å². The molecule has 0 amide bonds. The standard InChI is InChI=1S/C17H33NO2/c1-15(14-18-12-13-19-2)6-7-16-8-11-17(20-16)9-4-3-5-10-17/h15-16,18H,3-14H2,1-2H3. The molecule has 2 atom stereocenters. The van der Waals surface area contributed by atoms with Crippen LogP contribution in [-0.4, -0.2) is 38.5 Å². The van der Waals surface area contributed by atoms with Gasteiger partial charge in [0.25, 0.3) is 0 Å². The Bertz CT molecular complexity index is 264. The van der Waals surface area contributed by atoms with Gasteiger partial charge in [-0.25, -0.2) is 0 Å². The van der Waals surface area contributed by atoms with Gasteiger partial charge in [0, 0.05) is 13.7 Å². The first-order chi connectivity index (χ1) is 9.74. The van der Waals surface area contributed by atoms with E-state index < -0.39 is 0 Å². The highest BCUT2D eigenvalue weighted by Gasteiger charge is 2.40. The quantitative estimate of drug-likeness (QED) is 0.691. The number of methoxy groups -OCH3 is 1. The molecule has 3 nitrogen and oxygen atoms in total. The van der Waals surface area contributed by atoms with E-state index in [1.807, 2.05) is 0 Å². The molecule has 2 aliphatic rings. The fourth-order valence-electron chi connectivity index (χ4n) is 3.76. The first kappa shape index (κ1) is 16.3. The maximum Gasteiger partial charge on any atom is 0.0687 e. The van der Waals surface area contributed by atoms with Crippen LogP contribution in [0.3, 0.4) is 0 Å². The molecule has 1 saturated carbocycles. The van der Waals surface area contributed by atoms with Crippen molar-refractivity contribution in [1.29, 1.82) is 0 Å². The molecule has 20 heavy (non-hydrogen) atoms. The van der Waals surface area contributed by atoms with Crippen LogP contribution in [0.25, 0.3) is 0 Å². The van der Waals surface area contributed by atoms with Crippen molar-refractivity contribution in [1.82, 2.24) is 5.32 Å². The Labute approximate surface area is 124 Å². The molecule has 2 unspecified atom stereocenters. The lowest BCUT2D eigenvalue weighted by molar-refractivity contribution is -0.0668. The Hall–Kier alpha value is -0.120. The highest BCUT2D eigenvalue weighted by Crippen LogP contribution is 2.42. The van der Waals surface area contributed by atoms with Crippen molar-refractivity contribution in [3.63, 3.8) is 0 Å². The van der Waals surface area contributed by atoms with Crippen LogP contribution in [0.15, 0.2) is 0 Å². The third-order valence-corrected chi connectivity index (χ3v) is 5.06. The second kappa shape index (κ2) is 8.35. The van der Waals surface area contributed by atoms with Gasteiger partial charge in [0.15, 0.2) is 0 Å². The molecule has 118 valence electrons. The molecule has 1 aliphatic heterocycles. The van der Waals surface area contributed by atoms with E-state index in [4.69, 9.17) is 9.47 Å².